The Labute approximate surface area is 122 Å². The van der Waals surface area contributed by atoms with E-state index < -0.39 is 18.0 Å². The maximum atomic E-state index is 11.6. The van der Waals surface area contributed by atoms with Crippen molar-refractivity contribution in [3.63, 3.8) is 0 Å². The molecule has 0 amide bonds. The lowest BCUT2D eigenvalue weighted by Gasteiger charge is -2.34. The molecule has 0 spiro atoms. The fourth-order valence-electron chi connectivity index (χ4n) is 2.70. The van der Waals surface area contributed by atoms with Gasteiger partial charge in [0.05, 0.1) is 13.0 Å². The predicted octanol–water partition coefficient (Wildman–Crippen LogP) is 1.62. The molecular formula is C15H19NO5. The van der Waals surface area contributed by atoms with Crippen LogP contribution in [0.25, 0.3) is 0 Å². The highest BCUT2D eigenvalue weighted by Gasteiger charge is 2.32. The standard InChI is InChI=1S/C15H19NO5/c1-21-12-4-2-10(3-5-12)13(15(19)20)16-8-6-11(7-9-16)14(17)18/h2-5,11,13H,6-9H2,1H3,(H,17,18)(H,19,20). The summed E-state index contributed by atoms with van der Waals surface area (Å²) in [5.74, 6) is -1.42. The van der Waals surface area contributed by atoms with Gasteiger partial charge in [-0.2, -0.15) is 0 Å². The van der Waals surface area contributed by atoms with Crippen LogP contribution in [0.2, 0.25) is 0 Å². The Balaban J connectivity index is 2.12. The van der Waals surface area contributed by atoms with Gasteiger partial charge in [-0.25, -0.2) is 0 Å². The van der Waals surface area contributed by atoms with Crippen molar-refractivity contribution in [3.05, 3.63) is 29.8 Å². The highest BCUT2D eigenvalue weighted by atomic mass is 16.5. The summed E-state index contributed by atoms with van der Waals surface area (Å²) in [5.41, 5.74) is 0.678. The number of likely N-dealkylation sites (tertiary alicyclic amines) is 1. The molecule has 1 fully saturated rings. The molecule has 0 bridgehead atoms. The van der Waals surface area contributed by atoms with Gasteiger partial charge in [-0.1, -0.05) is 12.1 Å². The van der Waals surface area contributed by atoms with Gasteiger partial charge < -0.3 is 14.9 Å². The quantitative estimate of drug-likeness (QED) is 0.857. The average molecular weight is 293 g/mol. The van der Waals surface area contributed by atoms with Crippen LogP contribution in [0.3, 0.4) is 0 Å². The molecule has 1 aromatic rings. The molecular weight excluding hydrogens is 274 g/mol. The van der Waals surface area contributed by atoms with E-state index in [1.807, 2.05) is 4.90 Å². The molecule has 2 N–H and O–H groups in total. The third-order valence-corrected chi connectivity index (χ3v) is 3.91. The normalized spacial score (nSPS) is 18.1. The Hall–Kier alpha value is -2.08. The van der Waals surface area contributed by atoms with Gasteiger partial charge in [0.25, 0.3) is 0 Å². The van der Waals surface area contributed by atoms with Crippen LogP contribution >= 0.6 is 0 Å². The number of hydrogen-bond acceptors (Lipinski definition) is 4. The summed E-state index contributed by atoms with van der Waals surface area (Å²) in [6.45, 7) is 0.944. The number of carboxylic acid groups (broad SMARTS) is 2. The molecule has 21 heavy (non-hydrogen) atoms. The average Bonchev–Trinajstić information content (AvgIpc) is 2.48. The molecule has 1 aliphatic heterocycles. The van der Waals surface area contributed by atoms with E-state index in [-0.39, 0.29) is 5.92 Å². The number of methoxy groups -OCH3 is 1. The van der Waals surface area contributed by atoms with Crippen LogP contribution in [0.1, 0.15) is 24.4 Å². The maximum absolute atomic E-state index is 11.6. The second kappa shape index (κ2) is 6.58. The topological polar surface area (TPSA) is 87.1 Å². The van der Waals surface area contributed by atoms with E-state index in [9.17, 15) is 14.7 Å². The molecule has 1 saturated heterocycles. The van der Waals surface area contributed by atoms with E-state index in [2.05, 4.69) is 0 Å². The maximum Gasteiger partial charge on any atom is 0.325 e. The highest BCUT2D eigenvalue weighted by molar-refractivity contribution is 5.76. The fourth-order valence-corrected chi connectivity index (χ4v) is 2.70. The summed E-state index contributed by atoms with van der Waals surface area (Å²) in [6.07, 6.45) is 0.963. The van der Waals surface area contributed by atoms with Crippen molar-refractivity contribution in [2.75, 3.05) is 20.2 Å². The minimum absolute atomic E-state index is 0.369. The third kappa shape index (κ3) is 3.52. The monoisotopic (exact) mass is 293 g/mol. The van der Waals surface area contributed by atoms with Gasteiger partial charge >= 0.3 is 11.9 Å². The van der Waals surface area contributed by atoms with E-state index in [0.29, 0.717) is 37.2 Å². The molecule has 1 heterocycles. The minimum atomic E-state index is -0.922. The molecule has 0 saturated carbocycles. The second-order valence-corrected chi connectivity index (χ2v) is 5.16. The number of ether oxygens (including phenoxy) is 1. The van der Waals surface area contributed by atoms with Crippen LogP contribution < -0.4 is 4.74 Å². The van der Waals surface area contributed by atoms with Crippen LogP contribution in [0.5, 0.6) is 5.75 Å². The van der Waals surface area contributed by atoms with Gasteiger partial charge in [0.15, 0.2) is 0 Å². The Morgan fingerprint density at radius 3 is 2.19 bits per heavy atom. The summed E-state index contributed by atoms with van der Waals surface area (Å²) in [7, 11) is 1.56. The van der Waals surface area contributed by atoms with Crippen molar-refractivity contribution < 1.29 is 24.5 Å². The first-order valence-corrected chi connectivity index (χ1v) is 6.86. The molecule has 1 unspecified atom stereocenters. The predicted molar refractivity (Wildman–Crippen MR) is 75.3 cm³/mol. The first kappa shape index (κ1) is 15.3. The van der Waals surface area contributed by atoms with Crippen molar-refractivity contribution in [1.29, 1.82) is 0 Å². The number of benzene rings is 1. The molecule has 0 radical (unpaired) electrons. The lowest BCUT2D eigenvalue weighted by molar-refractivity contribution is -0.146. The van der Waals surface area contributed by atoms with Gasteiger partial charge in [0.2, 0.25) is 0 Å². The Morgan fingerprint density at radius 1 is 1.19 bits per heavy atom. The number of carbonyl (C=O) groups is 2. The number of hydrogen-bond donors (Lipinski definition) is 2. The second-order valence-electron chi connectivity index (χ2n) is 5.16. The molecule has 2 rings (SSSR count). The number of carboxylic acids is 2. The van der Waals surface area contributed by atoms with Crippen molar-refractivity contribution in [3.8, 4) is 5.75 Å². The Kier molecular flexibility index (Phi) is 4.80. The molecule has 6 heteroatoms. The van der Waals surface area contributed by atoms with E-state index in [4.69, 9.17) is 9.84 Å². The molecule has 1 aliphatic rings. The minimum Gasteiger partial charge on any atom is -0.497 e. The lowest BCUT2D eigenvalue weighted by atomic mass is 9.94. The van der Waals surface area contributed by atoms with Gasteiger partial charge in [0.1, 0.15) is 11.8 Å². The summed E-state index contributed by atoms with van der Waals surface area (Å²) >= 11 is 0. The van der Waals surface area contributed by atoms with Gasteiger partial charge in [-0.3, -0.25) is 14.5 Å². The first-order chi connectivity index (χ1) is 10.0. The van der Waals surface area contributed by atoms with Crippen molar-refractivity contribution in [1.82, 2.24) is 4.90 Å². The smallest absolute Gasteiger partial charge is 0.325 e. The van der Waals surface area contributed by atoms with Crippen LogP contribution in [0, 0.1) is 5.92 Å². The molecule has 0 aliphatic carbocycles. The van der Waals surface area contributed by atoms with E-state index in [0.717, 1.165) is 0 Å². The molecule has 6 nitrogen and oxygen atoms in total. The number of rotatable bonds is 5. The fraction of sp³-hybridized carbons (Fsp3) is 0.467. The number of nitrogens with zero attached hydrogens (tertiary/aromatic N) is 1. The highest BCUT2D eigenvalue weighted by Crippen LogP contribution is 2.28. The van der Waals surface area contributed by atoms with Gasteiger partial charge in [0, 0.05) is 13.1 Å². The molecule has 1 atom stereocenters. The van der Waals surface area contributed by atoms with Crippen molar-refractivity contribution >= 4 is 11.9 Å². The van der Waals surface area contributed by atoms with E-state index in [1.54, 1.807) is 31.4 Å². The number of piperidine rings is 1. The summed E-state index contributed by atoms with van der Waals surface area (Å²) in [4.78, 5) is 24.4. The third-order valence-electron chi connectivity index (χ3n) is 3.91. The van der Waals surface area contributed by atoms with Crippen molar-refractivity contribution in [2.45, 2.75) is 18.9 Å². The summed E-state index contributed by atoms with van der Waals surface area (Å²) in [5, 5.41) is 18.5. The largest absolute Gasteiger partial charge is 0.497 e. The number of aliphatic carboxylic acids is 2. The Morgan fingerprint density at radius 2 is 1.76 bits per heavy atom. The van der Waals surface area contributed by atoms with Crippen molar-refractivity contribution in [2.24, 2.45) is 5.92 Å². The molecule has 114 valence electrons. The summed E-state index contributed by atoms with van der Waals surface area (Å²) in [6, 6.07) is 6.19. The summed E-state index contributed by atoms with van der Waals surface area (Å²) < 4.78 is 5.07. The lowest BCUT2D eigenvalue weighted by Crippen LogP contribution is -2.41. The van der Waals surface area contributed by atoms with Gasteiger partial charge in [-0.15, -0.1) is 0 Å². The Bertz CT molecular complexity index is 505. The van der Waals surface area contributed by atoms with Gasteiger partial charge in [-0.05, 0) is 30.5 Å². The zero-order valence-corrected chi connectivity index (χ0v) is 11.9. The van der Waals surface area contributed by atoms with E-state index in [1.165, 1.54) is 0 Å². The first-order valence-electron chi connectivity index (χ1n) is 6.86. The van der Waals surface area contributed by atoms with Crippen LogP contribution in [0.15, 0.2) is 24.3 Å². The van der Waals surface area contributed by atoms with Crippen LogP contribution in [-0.4, -0.2) is 47.3 Å². The zero-order chi connectivity index (χ0) is 15.4. The zero-order valence-electron chi connectivity index (χ0n) is 11.9. The van der Waals surface area contributed by atoms with E-state index >= 15 is 0 Å². The SMILES string of the molecule is COc1ccc(C(C(=O)O)N2CCC(C(=O)O)CC2)cc1. The molecule has 1 aromatic carbocycles. The van der Waals surface area contributed by atoms with Crippen LogP contribution in [0.4, 0.5) is 0 Å². The van der Waals surface area contributed by atoms with Crippen LogP contribution in [-0.2, 0) is 9.59 Å². The molecule has 0 aromatic heterocycles.